The molecule has 1 heterocycles. The van der Waals surface area contributed by atoms with Gasteiger partial charge in [0.25, 0.3) is 5.91 Å². The molecule has 0 saturated carbocycles. The molecule has 1 amide bonds. The minimum atomic E-state index is -0.159. The number of carbonyl (C=O) groups is 1. The number of anilines is 1. The first-order valence-corrected chi connectivity index (χ1v) is 5.94. The first-order chi connectivity index (χ1) is 9.54. The van der Waals surface area contributed by atoms with Crippen molar-refractivity contribution in [2.45, 2.75) is 6.92 Å². The molecule has 104 valence electrons. The van der Waals surface area contributed by atoms with Crippen LogP contribution in [0.15, 0.2) is 46.2 Å². The first-order valence-electron chi connectivity index (χ1n) is 5.94. The van der Waals surface area contributed by atoms with Gasteiger partial charge in [0.05, 0.1) is 11.8 Å². The molecule has 0 aliphatic carbocycles. The highest BCUT2D eigenvalue weighted by Crippen LogP contribution is 2.18. The third-order valence-corrected chi connectivity index (χ3v) is 3.05. The second-order valence-electron chi connectivity index (χ2n) is 4.29. The van der Waals surface area contributed by atoms with E-state index in [1.165, 1.54) is 11.2 Å². The molecule has 0 aliphatic rings. The van der Waals surface area contributed by atoms with Gasteiger partial charge in [-0.2, -0.15) is 0 Å². The van der Waals surface area contributed by atoms with Crippen molar-refractivity contribution in [2.75, 3.05) is 11.9 Å². The summed E-state index contributed by atoms with van der Waals surface area (Å²) in [6, 6.07) is 8.44. The maximum atomic E-state index is 12.3. The molecular weight excluding hydrogens is 258 g/mol. The van der Waals surface area contributed by atoms with E-state index in [0.717, 1.165) is 0 Å². The fourth-order valence-electron chi connectivity index (χ4n) is 1.82. The number of aryl methyl sites for hydroxylation is 1. The lowest BCUT2D eigenvalue weighted by Gasteiger charge is -2.17. The summed E-state index contributed by atoms with van der Waals surface area (Å²) < 4.78 is 5.13. The first kappa shape index (κ1) is 13.7. The second-order valence-corrected chi connectivity index (χ2v) is 4.29. The Morgan fingerprint density at radius 1 is 1.30 bits per heavy atom. The molecule has 3 N–H and O–H groups in total. The molecule has 0 fully saturated rings. The van der Waals surface area contributed by atoms with E-state index >= 15 is 0 Å². The van der Waals surface area contributed by atoms with Gasteiger partial charge in [0.1, 0.15) is 5.76 Å². The van der Waals surface area contributed by atoms with E-state index in [2.05, 4.69) is 5.16 Å². The predicted molar refractivity (Wildman–Crippen MR) is 75.1 cm³/mol. The van der Waals surface area contributed by atoms with Gasteiger partial charge >= 0.3 is 0 Å². The van der Waals surface area contributed by atoms with E-state index in [4.69, 9.17) is 15.4 Å². The van der Waals surface area contributed by atoms with Crippen LogP contribution in [0.3, 0.4) is 0 Å². The van der Waals surface area contributed by atoms with Crippen molar-refractivity contribution in [1.82, 2.24) is 0 Å². The highest BCUT2D eigenvalue weighted by molar-refractivity contribution is 6.06. The van der Waals surface area contributed by atoms with Gasteiger partial charge < -0.3 is 20.3 Å². The zero-order valence-corrected chi connectivity index (χ0v) is 11.2. The number of rotatable bonds is 3. The number of nitrogens with zero attached hydrogens (tertiary/aromatic N) is 2. The largest absolute Gasteiger partial charge is 0.469 e. The minimum absolute atomic E-state index is 0.0243. The third kappa shape index (κ3) is 2.49. The van der Waals surface area contributed by atoms with E-state index in [1.807, 2.05) is 0 Å². The van der Waals surface area contributed by atoms with Gasteiger partial charge in [-0.15, -0.1) is 0 Å². The zero-order valence-electron chi connectivity index (χ0n) is 11.2. The van der Waals surface area contributed by atoms with Crippen molar-refractivity contribution in [3.8, 4) is 0 Å². The summed E-state index contributed by atoms with van der Waals surface area (Å²) in [6.45, 7) is 1.74. The van der Waals surface area contributed by atoms with Crippen molar-refractivity contribution in [2.24, 2.45) is 10.9 Å². The summed E-state index contributed by atoms with van der Waals surface area (Å²) in [5.74, 6) is 0.444. The molecule has 6 nitrogen and oxygen atoms in total. The Morgan fingerprint density at radius 3 is 2.45 bits per heavy atom. The predicted octanol–water partition coefficient (Wildman–Crippen LogP) is 1.96. The molecule has 2 rings (SSSR count). The maximum absolute atomic E-state index is 12.3. The van der Waals surface area contributed by atoms with Crippen LogP contribution in [0, 0.1) is 6.92 Å². The van der Waals surface area contributed by atoms with Crippen molar-refractivity contribution >= 4 is 17.4 Å². The van der Waals surface area contributed by atoms with Crippen molar-refractivity contribution in [3.63, 3.8) is 0 Å². The molecule has 0 bridgehead atoms. The van der Waals surface area contributed by atoms with Crippen LogP contribution in [0.2, 0.25) is 0 Å². The zero-order chi connectivity index (χ0) is 14.7. The number of amidine groups is 1. The van der Waals surface area contributed by atoms with Crippen LogP contribution in [0.1, 0.15) is 21.7 Å². The average molecular weight is 273 g/mol. The topological polar surface area (TPSA) is 92.1 Å². The Morgan fingerprint density at radius 2 is 1.95 bits per heavy atom. The van der Waals surface area contributed by atoms with Gasteiger partial charge in [0, 0.05) is 18.3 Å². The van der Waals surface area contributed by atoms with Crippen LogP contribution in [-0.2, 0) is 0 Å². The maximum Gasteiger partial charge on any atom is 0.261 e. The summed E-state index contributed by atoms with van der Waals surface area (Å²) in [5, 5.41) is 11.5. The average Bonchev–Trinajstić information content (AvgIpc) is 2.91. The summed E-state index contributed by atoms with van der Waals surface area (Å²) in [4.78, 5) is 13.8. The standard InChI is InChI=1S/C14H15N3O3/c1-9-12(7-8-20-9)14(18)17(2)11-5-3-10(4-6-11)13(15)16-19/h3-8,19H,1-2H3,(H2,15,16). The van der Waals surface area contributed by atoms with Gasteiger partial charge in [-0.05, 0) is 37.3 Å². The smallest absolute Gasteiger partial charge is 0.261 e. The van der Waals surface area contributed by atoms with E-state index < -0.39 is 0 Å². The van der Waals surface area contributed by atoms with Gasteiger partial charge in [-0.3, -0.25) is 4.79 Å². The molecule has 20 heavy (non-hydrogen) atoms. The number of furan rings is 1. The normalized spacial score (nSPS) is 11.4. The lowest BCUT2D eigenvalue weighted by Crippen LogP contribution is -2.26. The Bertz CT molecular complexity index is 644. The molecule has 2 aromatic rings. The minimum Gasteiger partial charge on any atom is -0.469 e. The van der Waals surface area contributed by atoms with Gasteiger partial charge in [0.15, 0.2) is 5.84 Å². The molecule has 6 heteroatoms. The molecule has 0 saturated heterocycles. The van der Waals surface area contributed by atoms with Crippen LogP contribution in [0.4, 0.5) is 5.69 Å². The SMILES string of the molecule is Cc1occc1C(=O)N(C)c1ccc(C(N)=NO)cc1. The fourth-order valence-corrected chi connectivity index (χ4v) is 1.82. The van der Waals surface area contributed by atoms with E-state index in [9.17, 15) is 4.79 Å². The molecule has 0 atom stereocenters. The van der Waals surface area contributed by atoms with Crippen LogP contribution in [0.5, 0.6) is 0 Å². The highest BCUT2D eigenvalue weighted by Gasteiger charge is 2.17. The van der Waals surface area contributed by atoms with Crippen LogP contribution < -0.4 is 10.6 Å². The summed E-state index contributed by atoms with van der Waals surface area (Å²) >= 11 is 0. The fraction of sp³-hybridized carbons (Fsp3) is 0.143. The Hall–Kier alpha value is -2.76. The quantitative estimate of drug-likeness (QED) is 0.387. The number of hydrogen-bond donors (Lipinski definition) is 2. The lowest BCUT2D eigenvalue weighted by atomic mass is 10.1. The van der Waals surface area contributed by atoms with Gasteiger partial charge in [-0.1, -0.05) is 5.16 Å². The van der Waals surface area contributed by atoms with Gasteiger partial charge in [0.2, 0.25) is 0 Å². The summed E-state index contributed by atoms with van der Waals surface area (Å²) in [6.07, 6.45) is 1.48. The number of amides is 1. The van der Waals surface area contributed by atoms with Crippen molar-refractivity contribution in [3.05, 3.63) is 53.5 Å². The molecule has 0 radical (unpaired) electrons. The second kappa shape index (κ2) is 5.48. The van der Waals surface area contributed by atoms with Gasteiger partial charge in [-0.25, -0.2) is 0 Å². The van der Waals surface area contributed by atoms with E-state index in [1.54, 1.807) is 44.3 Å². The number of carbonyl (C=O) groups excluding carboxylic acids is 1. The molecule has 0 aliphatic heterocycles. The number of hydrogen-bond acceptors (Lipinski definition) is 4. The molecular formula is C14H15N3O3. The Balaban J connectivity index is 2.24. The van der Waals surface area contributed by atoms with E-state index in [0.29, 0.717) is 22.6 Å². The lowest BCUT2D eigenvalue weighted by molar-refractivity contribution is 0.0991. The van der Waals surface area contributed by atoms with Crippen molar-refractivity contribution < 1.29 is 14.4 Å². The molecule has 1 aromatic carbocycles. The van der Waals surface area contributed by atoms with Crippen LogP contribution >= 0.6 is 0 Å². The molecule has 0 spiro atoms. The van der Waals surface area contributed by atoms with Crippen LogP contribution in [0.25, 0.3) is 0 Å². The Labute approximate surface area is 116 Å². The number of nitrogens with two attached hydrogens (primary N) is 1. The number of benzene rings is 1. The van der Waals surface area contributed by atoms with E-state index in [-0.39, 0.29) is 11.7 Å². The highest BCUT2D eigenvalue weighted by atomic mass is 16.4. The van der Waals surface area contributed by atoms with Crippen LogP contribution in [-0.4, -0.2) is 24.0 Å². The monoisotopic (exact) mass is 273 g/mol. The summed E-state index contributed by atoms with van der Waals surface area (Å²) in [7, 11) is 1.67. The Kier molecular flexibility index (Phi) is 3.74. The third-order valence-electron chi connectivity index (χ3n) is 3.05. The molecule has 1 aromatic heterocycles. The van der Waals surface area contributed by atoms with Crippen molar-refractivity contribution in [1.29, 1.82) is 0 Å². The number of oxime groups is 1. The molecule has 0 unspecified atom stereocenters. The summed E-state index contributed by atoms with van der Waals surface area (Å²) in [5.41, 5.74) is 7.28.